The summed E-state index contributed by atoms with van der Waals surface area (Å²) in [5.74, 6) is -0.901. The molecule has 0 aliphatic rings. The third-order valence-corrected chi connectivity index (χ3v) is 5.51. The molecule has 0 bridgehead atoms. The van der Waals surface area contributed by atoms with Gasteiger partial charge in [-0.05, 0) is 49.7 Å². The molecule has 0 aliphatic carbocycles. The Hall–Kier alpha value is -2.94. The highest BCUT2D eigenvalue weighted by Crippen LogP contribution is 2.32. The van der Waals surface area contributed by atoms with Gasteiger partial charge >= 0.3 is 5.97 Å². The zero-order chi connectivity index (χ0) is 23.4. The van der Waals surface area contributed by atoms with E-state index in [1.54, 1.807) is 43.1 Å². The van der Waals surface area contributed by atoms with Crippen LogP contribution in [0.4, 0.5) is 4.39 Å². The molecule has 170 valence electrons. The van der Waals surface area contributed by atoms with Crippen LogP contribution in [0, 0.1) is 12.7 Å². The maximum atomic E-state index is 13.6. The van der Waals surface area contributed by atoms with E-state index in [-0.39, 0.29) is 18.2 Å². The van der Waals surface area contributed by atoms with E-state index in [2.05, 4.69) is 10.4 Å². The smallest absolute Gasteiger partial charge is 0.335 e. The fraction of sp³-hybridized carbons (Fsp3) is 0.304. The van der Waals surface area contributed by atoms with Crippen LogP contribution >= 0.6 is 11.6 Å². The number of aromatic carboxylic acids is 1. The second-order valence-corrected chi connectivity index (χ2v) is 7.79. The summed E-state index contributed by atoms with van der Waals surface area (Å²) in [5.41, 5.74) is 3.05. The van der Waals surface area contributed by atoms with Crippen molar-refractivity contribution in [2.45, 2.75) is 32.7 Å². The lowest BCUT2D eigenvalue weighted by molar-refractivity contribution is 0.0606. The van der Waals surface area contributed by atoms with Gasteiger partial charge in [-0.1, -0.05) is 23.7 Å². The number of carboxylic acid groups (broad SMARTS) is 1. The van der Waals surface area contributed by atoms with Crippen LogP contribution in [-0.2, 0) is 18.4 Å². The van der Waals surface area contributed by atoms with Crippen molar-refractivity contribution in [1.82, 2.24) is 15.1 Å². The molecular weight excluding hydrogens is 437 g/mol. The molecule has 3 aromatic rings. The third-order valence-electron chi connectivity index (χ3n) is 5.14. The molecule has 3 rings (SSSR count). The van der Waals surface area contributed by atoms with Crippen LogP contribution in [0.25, 0.3) is 0 Å². The summed E-state index contributed by atoms with van der Waals surface area (Å²) < 4.78 is 26.9. The quantitative estimate of drug-likeness (QED) is 0.445. The van der Waals surface area contributed by atoms with Gasteiger partial charge in [0.1, 0.15) is 18.7 Å². The van der Waals surface area contributed by atoms with E-state index in [1.165, 1.54) is 18.2 Å². The largest absolute Gasteiger partial charge is 0.478 e. The summed E-state index contributed by atoms with van der Waals surface area (Å²) in [6.45, 7) is 3.85. The Morgan fingerprint density at radius 1 is 1.28 bits per heavy atom. The van der Waals surface area contributed by atoms with Gasteiger partial charge in [0, 0.05) is 30.8 Å². The third kappa shape index (κ3) is 5.27. The Morgan fingerprint density at radius 2 is 1.97 bits per heavy atom. The van der Waals surface area contributed by atoms with Crippen LogP contribution < -0.4 is 10.1 Å². The molecule has 7 nitrogen and oxygen atoms in total. The molecular formula is C23H25ClFN3O4. The standard InChI is InChI=1S/C23H25ClFN3O4/c1-13(15-5-7-16(8-6-15)23(29)30)26-21(31-4)20-14(2)27-28(3)22(20)32-12-17-11-18(25)9-10-19(17)24/h5-11,13,21,26H,12H2,1-4H3,(H,29,30). The lowest BCUT2D eigenvalue weighted by Gasteiger charge is -2.23. The number of carbonyl (C=O) groups is 1. The number of hydrogen-bond donors (Lipinski definition) is 2. The summed E-state index contributed by atoms with van der Waals surface area (Å²) in [4.78, 5) is 11.1. The SMILES string of the molecule is COC(NC(C)c1ccc(C(=O)O)cc1)c1c(C)nn(C)c1OCc1cc(F)ccc1Cl. The Balaban J connectivity index is 1.81. The maximum absolute atomic E-state index is 13.6. The number of halogens is 2. The molecule has 9 heteroatoms. The van der Waals surface area contributed by atoms with E-state index in [0.717, 1.165) is 5.56 Å². The molecule has 2 N–H and O–H groups in total. The summed E-state index contributed by atoms with van der Waals surface area (Å²) in [5, 5.41) is 17.3. The highest BCUT2D eigenvalue weighted by atomic mass is 35.5. The topological polar surface area (TPSA) is 85.6 Å². The Labute approximate surface area is 190 Å². The number of rotatable bonds is 9. The number of benzene rings is 2. The maximum Gasteiger partial charge on any atom is 0.335 e. The minimum atomic E-state index is -0.974. The number of methoxy groups -OCH3 is 1. The first-order valence-corrected chi connectivity index (χ1v) is 10.3. The molecule has 0 saturated carbocycles. The summed E-state index contributed by atoms with van der Waals surface area (Å²) in [7, 11) is 3.32. The minimum absolute atomic E-state index is 0.0607. The van der Waals surface area contributed by atoms with Crippen molar-refractivity contribution in [2.24, 2.45) is 7.05 Å². The van der Waals surface area contributed by atoms with Crippen molar-refractivity contribution in [1.29, 1.82) is 0 Å². The van der Waals surface area contributed by atoms with Crippen molar-refractivity contribution < 1.29 is 23.8 Å². The van der Waals surface area contributed by atoms with Crippen LogP contribution in [0.15, 0.2) is 42.5 Å². The number of nitrogens with one attached hydrogen (secondary N) is 1. The number of aromatic nitrogens is 2. The second-order valence-electron chi connectivity index (χ2n) is 7.38. The molecule has 1 aromatic heterocycles. The van der Waals surface area contributed by atoms with Gasteiger partial charge in [-0.25, -0.2) is 13.9 Å². The second kappa shape index (κ2) is 10.1. The van der Waals surface area contributed by atoms with Gasteiger partial charge in [0.2, 0.25) is 5.88 Å². The van der Waals surface area contributed by atoms with Crippen LogP contribution in [-0.4, -0.2) is 28.0 Å². The highest BCUT2D eigenvalue weighted by molar-refractivity contribution is 6.31. The molecule has 0 saturated heterocycles. The van der Waals surface area contributed by atoms with Gasteiger partial charge in [0.25, 0.3) is 0 Å². The first-order chi connectivity index (χ1) is 15.2. The Bertz CT molecular complexity index is 1100. The van der Waals surface area contributed by atoms with E-state index in [9.17, 15) is 9.18 Å². The van der Waals surface area contributed by atoms with Crippen molar-refractivity contribution >= 4 is 17.6 Å². The molecule has 1 heterocycles. The molecule has 2 unspecified atom stereocenters. The van der Waals surface area contributed by atoms with Gasteiger partial charge in [-0.2, -0.15) is 5.10 Å². The molecule has 0 aliphatic heterocycles. The number of hydrogen-bond acceptors (Lipinski definition) is 5. The normalized spacial score (nSPS) is 13.1. The van der Waals surface area contributed by atoms with Crippen LogP contribution in [0.3, 0.4) is 0 Å². The fourth-order valence-electron chi connectivity index (χ4n) is 3.43. The van der Waals surface area contributed by atoms with E-state index >= 15 is 0 Å². The van der Waals surface area contributed by atoms with E-state index in [4.69, 9.17) is 26.2 Å². The predicted molar refractivity (Wildman–Crippen MR) is 118 cm³/mol. The molecule has 32 heavy (non-hydrogen) atoms. The van der Waals surface area contributed by atoms with Gasteiger partial charge in [-0.15, -0.1) is 0 Å². The summed E-state index contributed by atoms with van der Waals surface area (Å²) in [6, 6.07) is 10.6. The average Bonchev–Trinajstić information content (AvgIpc) is 3.05. The summed E-state index contributed by atoms with van der Waals surface area (Å²) in [6.07, 6.45) is -0.559. The minimum Gasteiger partial charge on any atom is -0.478 e. The number of carboxylic acids is 1. The first-order valence-electron chi connectivity index (χ1n) is 9.93. The molecule has 2 aromatic carbocycles. The highest BCUT2D eigenvalue weighted by Gasteiger charge is 2.26. The molecule has 0 fully saturated rings. The summed E-state index contributed by atoms with van der Waals surface area (Å²) >= 11 is 6.16. The predicted octanol–water partition coefficient (Wildman–Crippen LogP) is 4.79. The van der Waals surface area contributed by atoms with Gasteiger partial charge in [0.15, 0.2) is 0 Å². The molecule has 0 spiro atoms. The van der Waals surface area contributed by atoms with Gasteiger partial charge < -0.3 is 14.6 Å². The van der Waals surface area contributed by atoms with Gasteiger partial charge in [-0.3, -0.25) is 5.32 Å². The van der Waals surface area contributed by atoms with Crippen molar-refractivity contribution in [3.63, 3.8) is 0 Å². The van der Waals surface area contributed by atoms with Crippen LogP contribution in [0.1, 0.15) is 51.9 Å². The number of nitrogens with zero attached hydrogens (tertiary/aromatic N) is 2. The zero-order valence-electron chi connectivity index (χ0n) is 18.2. The molecule has 0 radical (unpaired) electrons. The number of ether oxygens (including phenoxy) is 2. The van der Waals surface area contributed by atoms with Crippen LogP contribution in [0.5, 0.6) is 5.88 Å². The van der Waals surface area contributed by atoms with E-state index in [1.807, 2.05) is 13.8 Å². The first kappa shape index (κ1) is 23.7. The number of aryl methyl sites for hydroxylation is 2. The molecule has 2 atom stereocenters. The monoisotopic (exact) mass is 461 g/mol. The lowest BCUT2D eigenvalue weighted by atomic mass is 10.1. The van der Waals surface area contributed by atoms with Crippen molar-refractivity contribution in [3.8, 4) is 5.88 Å². The molecule has 0 amide bonds. The average molecular weight is 462 g/mol. The Morgan fingerprint density at radius 3 is 2.59 bits per heavy atom. The Kier molecular flexibility index (Phi) is 7.50. The van der Waals surface area contributed by atoms with Crippen LogP contribution in [0.2, 0.25) is 5.02 Å². The van der Waals surface area contributed by atoms with Crippen molar-refractivity contribution in [2.75, 3.05) is 7.11 Å². The van der Waals surface area contributed by atoms with Gasteiger partial charge in [0.05, 0.1) is 16.8 Å². The lowest BCUT2D eigenvalue weighted by Crippen LogP contribution is -2.27. The van der Waals surface area contributed by atoms with E-state index in [0.29, 0.717) is 27.7 Å². The van der Waals surface area contributed by atoms with Crippen molar-refractivity contribution in [3.05, 3.63) is 81.3 Å². The van der Waals surface area contributed by atoms with E-state index < -0.39 is 18.0 Å². The fourth-order valence-corrected chi connectivity index (χ4v) is 3.61. The zero-order valence-corrected chi connectivity index (χ0v) is 19.0.